The molecule has 130 valence electrons. The number of methoxy groups -OCH3 is 2. The normalized spacial score (nSPS) is 16.7. The Morgan fingerprint density at radius 2 is 1.92 bits per heavy atom. The van der Waals surface area contributed by atoms with E-state index in [0.717, 1.165) is 11.0 Å². The fraction of sp³-hybridized carbons (Fsp3) is 0.429. The molecule has 0 saturated carbocycles. The van der Waals surface area contributed by atoms with Gasteiger partial charge < -0.3 is 18.9 Å². The molecule has 0 bridgehead atoms. The molecule has 1 aromatic carbocycles. The first-order valence-electron chi connectivity index (χ1n) is 6.79. The summed E-state index contributed by atoms with van der Waals surface area (Å²) >= 11 is 0. The number of nitrogens with zero attached hydrogens (tertiary/aromatic N) is 2. The molecule has 2 heterocycles. The second-order valence-corrected chi connectivity index (χ2v) is 5.32. The van der Waals surface area contributed by atoms with Crippen molar-refractivity contribution in [3.8, 4) is 0 Å². The van der Waals surface area contributed by atoms with E-state index in [0.29, 0.717) is 0 Å². The summed E-state index contributed by atoms with van der Waals surface area (Å²) in [6.07, 6.45) is -1.23. The second-order valence-electron chi connectivity index (χ2n) is 5.32. The molecule has 6 nitrogen and oxygen atoms in total. The van der Waals surface area contributed by atoms with E-state index < -0.39 is 48.4 Å². The van der Waals surface area contributed by atoms with Crippen LogP contribution in [0.1, 0.15) is 22.3 Å². The highest BCUT2D eigenvalue weighted by Gasteiger charge is 2.47. The third-order valence-electron chi connectivity index (χ3n) is 3.69. The van der Waals surface area contributed by atoms with Crippen LogP contribution in [0.2, 0.25) is 0 Å². The van der Waals surface area contributed by atoms with E-state index in [1.54, 1.807) is 0 Å². The Bertz CT molecular complexity index is 796. The first-order chi connectivity index (χ1) is 11.3. The van der Waals surface area contributed by atoms with Crippen molar-refractivity contribution in [3.05, 3.63) is 29.0 Å². The molecule has 24 heavy (non-hydrogen) atoms. The smallest absolute Gasteiger partial charge is 0.282 e. The minimum Gasteiger partial charge on any atom is -0.352 e. The molecule has 1 amide bonds. The van der Waals surface area contributed by atoms with E-state index >= 15 is 0 Å². The van der Waals surface area contributed by atoms with Gasteiger partial charge in [0.05, 0.1) is 18.5 Å². The van der Waals surface area contributed by atoms with Crippen molar-refractivity contribution >= 4 is 16.9 Å². The predicted octanol–water partition coefficient (Wildman–Crippen LogP) is 2.49. The molecule has 1 aromatic heterocycles. The minimum atomic E-state index is -2.96. The Labute approximate surface area is 132 Å². The number of likely N-dealkylation sites (tertiary alicyclic amines) is 1. The van der Waals surface area contributed by atoms with Gasteiger partial charge in [0.25, 0.3) is 11.8 Å². The average molecular weight is 348 g/mol. The number of aromatic nitrogens is 1. The number of rotatable bonds is 4. The zero-order valence-electron chi connectivity index (χ0n) is 12.6. The van der Waals surface area contributed by atoms with E-state index in [9.17, 15) is 22.4 Å². The highest BCUT2D eigenvalue weighted by molar-refractivity contribution is 6.04. The van der Waals surface area contributed by atoms with Crippen molar-refractivity contribution in [3.63, 3.8) is 0 Å². The van der Waals surface area contributed by atoms with E-state index in [1.165, 1.54) is 14.2 Å². The summed E-state index contributed by atoms with van der Waals surface area (Å²) in [7, 11) is 2.44. The summed E-state index contributed by atoms with van der Waals surface area (Å²) < 4.78 is 68.4. The van der Waals surface area contributed by atoms with Crippen LogP contribution in [0.3, 0.4) is 0 Å². The van der Waals surface area contributed by atoms with Crippen LogP contribution >= 0.6 is 0 Å². The number of halogens is 4. The Balaban J connectivity index is 2.06. The summed E-state index contributed by atoms with van der Waals surface area (Å²) in [5.41, 5.74) is -1.28. The molecule has 0 unspecified atom stereocenters. The molecule has 10 heteroatoms. The highest BCUT2D eigenvalue weighted by atomic mass is 19.3. The summed E-state index contributed by atoms with van der Waals surface area (Å²) in [4.78, 5) is 13.0. The fourth-order valence-electron chi connectivity index (χ4n) is 2.52. The zero-order chi connectivity index (χ0) is 17.6. The third kappa shape index (κ3) is 2.51. The van der Waals surface area contributed by atoms with Gasteiger partial charge in [0.2, 0.25) is 11.4 Å². The maximum Gasteiger partial charge on any atom is 0.282 e. The van der Waals surface area contributed by atoms with Crippen LogP contribution in [-0.4, -0.2) is 49.2 Å². The molecule has 0 spiro atoms. The van der Waals surface area contributed by atoms with Gasteiger partial charge in [0.15, 0.2) is 17.8 Å². The molecular weight excluding hydrogens is 336 g/mol. The van der Waals surface area contributed by atoms with Crippen LogP contribution in [0, 0.1) is 11.6 Å². The van der Waals surface area contributed by atoms with Crippen LogP contribution in [0.15, 0.2) is 10.6 Å². The molecule has 2 aromatic rings. The van der Waals surface area contributed by atoms with Crippen molar-refractivity contribution in [2.75, 3.05) is 27.3 Å². The number of amides is 1. The van der Waals surface area contributed by atoms with E-state index in [-0.39, 0.29) is 16.6 Å². The average Bonchev–Trinajstić information content (AvgIpc) is 2.94. The topological polar surface area (TPSA) is 64.8 Å². The molecule has 0 radical (unpaired) electrons. The standard InChI is InChI=1S/C14H12F4N2O4/c1-22-13(23-2)6-3-7-10(12(21)20-4-14(17,18)5-20)19-24-11(7)9(16)8(6)15/h3,13H,4-5H2,1-2H3. The molecule has 3 rings (SSSR count). The van der Waals surface area contributed by atoms with Gasteiger partial charge in [0.1, 0.15) is 0 Å². The molecular formula is C14H12F4N2O4. The van der Waals surface area contributed by atoms with Crippen LogP contribution < -0.4 is 0 Å². The molecule has 0 aliphatic carbocycles. The van der Waals surface area contributed by atoms with Gasteiger partial charge in [-0.25, -0.2) is 13.2 Å². The van der Waals surface area contributed by atoms with E-state index in [2.05, 4.69) is 9.68 Å². The van der Waals surface area contributed by atoms with E-state index in [4.69, 9.17) is 9.47 Å². The number of carbonyl (C=O) groups is 1. The van der Waals surface area contributed by atoms with Crippen LogP contribution in [0.25, 0.3) is 11.0 Å². The summed E-state index contributed by atoms with van der Waals surface area (Å²) in [6, 6.07) is 1.09. The number of hydrogen-bond donors (Lipinski definition) is 0. The van der Waals surface area contributed by atoms with Gasteiger partial charge in [0, 0.05) is 19.8 Å². The molecule has 0 atom stereocenters. The van der Waals surface area contributed by atoms with Gasteiger partial charge in [-0.1, -0.05) is 5.16 Å². The maximum atomic E-state index is 14.1. The molecule has 0 N–H and O–H groups in total. The number of fused-ring (bicyclic) bond motifs is 1. The monoisotopic (exact) mass is 348 g/mol. The third-order valence-corrected chi connectivity index (χ3v) is 3.69. The summed E-state index contributed by atoms with van der Waals surface area (Å²) in [6.45, 7) is -1.54. The number of ether oxygens (including phenoxy) is 2. The summed E-state index contributed by atoms with van der Waals surface area (Å²) in [5.74, 6) is -6.47. The Morgan fingerprint density at radius 1 is 1.29 bits per heavy atom. The number of carbonyl (C=O) groups excluding carboxylic acids is 1. The molecule has 1 fully saturated rings. The second kappa shape index (κ2) is 5.71. The van der Waals surface area contributed by atoms with Crippen molar-refractivity contribution in [2.45, 2.75) is 12.2 Å². The lowest BCUT2D eigenvalue weighted by Crippen LogP contribution is -2.58. The van der Waals surface area contributed by atoms with E-state index in [1.807, 2.05) is 0 Å². The molecule has 1 aliphatic rings. The lowest BCUT2D eigenvalue weighted by molar-refractivity contribution is -0.113. The number of hydrogen-bond acceptors (Lipinski definition) is 5. The fourth-order valence-corrected chi connectivity index (χ4v) is 2.52. The van der Waals surface area contributed by atoms with Crippen molar-refractivity contribution in [1.82, 2.24) is 10.1 Å². The first kappa shape index (κ1) is 16.7. The van der Waals surface area contributed by atoms with Crippen LogP contribution in [0.4, 0.5) is 17.6 Å². The van der Waals surface area contributed by atoms with Crippen molar-refractivity contribution in [1.29, 1.82) is 0 Å². The van der Waals surface area contributed by atoms with Gasteiger partial charge in [-0.05, 0) is 6.07 Å². The van der Waals surface area contributed by atoms with Gasteiger partial charge in [-0.2, -0.15) is 4.39 Å². The Hall–Kier alpha value is -2.20. The largest absolute Gasteiger partial charge is 0.352 e. The first-order valence-corrected chi connectivity index (χ1v) is 6.79. The van der Waals surface area contributed by atoms with Gasteiger partial charge >= 0.3 is 0 Å². The predicted molar refractivity (Wildman–Crippen MR) is 71.5 cm³/mol. The van der Waals surface area contributed by atoms with Gasteiger partial charge in [-0.15, -0.1) is 0 Å². The van der Waals surface area contributed by atoms with Crippen LogP contribution in [0.5, 0.6) is 0 Å². The Kier molecular flexibility index (Phi) is 3.96. The van der Waals surface area contributed by atoms with Crippen molar-refractivity contribution in [2.24, 2.45) is 0 Å². The lowest BCUT2D eigenvalue weighted by Gasteiger charge is -2.38. The SMILES string of the molecule is COC(OC)c1cc2c(C(=O)N3CC(F)(F)C3)noc2c(F)c1F. The van der Waals surface area contributed by atoms with Crippen molar-refractivity contribution < 1.29 is 36.4 Å². The van der Waals surface area contributed by atoms with Crippen LogP contribution in [-0.2, 0) is 9.47 Å². The number of alkyl halides is 2. The lowest BCUT2D eigenvalue weighted by atomic mass is 10.1. The Morgan fingerprint density at radius 3 is 2.46 bits per heavy atom. The molecule has 1 saturated heterocycles. The van der Waals surface area contributed by atoms with Gasteiger partial charge in [-0.3, -0.25) is 4.79 Å². The number of benzene rings is 1. The highest BCUT2D eigenvalue weighted by Crippen LogP contribution is 2.33. The minimum absolute atomic E-state index is 0.150. The quantitative estimate of drug-likeness (QED) is 0.627. The summed E-state index contributed by atoms with van der Waals surface area (Å²) in [5, 5.41) is 3.25. The molecule has 1 aliphatic heterocycles. The zero-order valence-corrected chi connectivity index (χ0v) is 12.6. The maximum absolute atomic E-state index is 14.1.